The Morgan fingerprint density at radius 2 is 1.86 bits per heavy atom. The summed E-state index contributed by atoms with van der Waals surface area (Å²) in [6.07, 6.45) is 0. The number of anilines is 1. The highest BCUT2D eigenvalue weighted by Gasteiger charge is 2.19. The molecular weight excluding hydrogens is 284 g/mol. The minimum atomic E-state index is -0.0456. The fourth-order valence-corrected chi connectivity index (χ4v) is 2.28. The first-order valence-electron chi connectivity index (χ1n) is 6.89. The lowest BCUT2D eigenvalue weighted by Gasteiger charge is -2.27. The summed E-state index contributed by atoms with van der Waals surface area (Å²) >= 11 is 6.01. The Hall–Kier alpha value is -2.00. The van der Waals surface area contributed by atoms with Gasteiger partial charge in [0.2, 0.25) is 0 Å². The quantitative estimate of drug-likeness (QED) is 0.869. The minimum absolute atomic E-state index is 0.0456. The molecule has 0 aliphatic heterocycles. The van der Waals surface area contributed by atoms with Gasteiger partial charge in [-0.05, 0) is 37.6 Å². The zero-order valence-corrected chi connectivity index (χ0v) is 13.0. The van der Waals surface area contributed by atoms with Crippen LogP contribution in [0.15, 0.2) is 48.5 Å². The number of hydrogen-bond donors (Lipinski definition) is 1. The maximum absolute atomic E-state index is 12.7. The molecule has 0 aliphatic rings. The van der Waals surface area contributed by atoms with Gasteiger partial charge < -0.3 is 10.6 Å². The van der Waals surface area contributed by atoms with Gasteiger partial charge in [0.25, 0.3) is 5.91 Å². The third-order valence-corrected chi connectivity index (χ3v) is 3.65. The Kier molecular flexibility index (Phi) is 4.86. The summed E-state index contributed by atoms with van der Waals surface area (Å²) in [6, 6.07) is 15.0. The Morgan fingerprint density at radius 3 is 2.43 bits per heavy atom. The number of hydrogen-bond acceptors (Lipinski definition) is 2. The number of nitrogens with zero attached hydrogens (tertiary/aromatic N) is 1. The molecule has 1 amide bonds. The highest BCUT2D eigenvalue weighted by atomic mass is 35.5. The van der Waals surface area contributed by atoms with Crippen molar-refractivity contribution in [2.75, 3.05) is 5.73 Å². The summed E-state index contributed by atoms with van der Waals surface area (Å²) in [5.74, 6) is -0.0456. The lowest BCUT2D eigenvalue weighted by molar-refractivity contribution is 0.0690. The van der Waals surface area contributed by atoms with Gasteiger partial charge in [0.05, 0.1) is 10.7 Å². The number of nitrogen functional groups attached to an aromatic ring is 1. The van der Waals surface area contributed by atoms with Crippen LogP contribution in [0.1, 0.15) is 29.8 Å². The van der Waals surface area contributed by atoms with Crippen LogP contribution < -0.4 is 5.73 Å². The van der Waals surface area contributed by atoms with Crippen LogP contribution in [-0.4, -0.2) is 16.8 Å². The van der Waals surface area contributed by atoms with Gasteiger partial charge in [-0.1, -0.05) is 41.9 Å². The standard InChI is InChI=1S/C17H19ClN2O/c1-12(2)20(11-13-6-4-3-5-7-13)17(21)14-8-9-16(19)15(18)10-14/h3-10,12H,11,19H2,1-2H3. The van der Waals surface area contributed by atoms with Gasteiger partial charge in [0, 0.05) is 18.2 Å². The predicted molar refractivity (Wildman–Crippen MR) is 87.3 cm³/mol. The van der Waals surface area contributed by atoms with Crippen LogP contribution in [0.25, 0.3) is 0 Å². The van der Waals surface area contributed by atoms with E-state index >= 15 is 0 Å². The fourth-order valence-electron chi connectivity index (χ4n) is 2.09. The number of benzene rings is 2. The third-order valence-electron chi connectivity index (χ3n) is 3.33. The molecule has 3 nitrogen and oxygen atoms in total. The molecule has 0 atom stereocenters. The van der Waals surface area contributed by atoms with E-state index in [0.29, 0.717) is 22.8 Å². The molecule has 0 fully saturated rings. The van der Waals surface area contributed by atoms with E-state index in [-0.39, 0.29) is 11.9 Å². The second kappa shape index (κ2) is 6.64. The van der Waals surface area contributed by atoms with Gasteiger partial charge in [-0.2, -0.15) is 0 Å². The molecule has 0 heterocycles. The van der Waals surface area contributed by atoms with Crippen LogP contribution in [0.3, 0.4) is 0 Å². The van der Waals surface area contributed by atoms with Crippen molar-refractivity contribution in [2.24, 2.45) is 0 Å². The summed E-state index contributed by atoms with van der Waals surface area (Å²) in [5, 5.41) is 0.407. The monoisotopic (exact) mass is 302 g/mol. The highest BCUT2D eigenvalue weighted by molar-refractivity contribution is 6.33. The maximum Gasteiger partial charge on any atom is 0.254 e. The first-order valence-corrected chi connectivity index (χ1v) is 7.26. The van der Waals surface area contributed by atoms with E-state index in [2.05, 4.69) is 0 Å². The molecule has 0 saturated carbocycles. The van der Waals surface area contributed by atoms with E-state index < -0.39 is 0 Å². The van der Waals surface area contributed by atoms with Crippen LogP contribution in [-0.2, 0) is 6.54 Å². The van der Waals surface area contributed by atoms with E-state index in [1.807, 2.05) is 49.1 Å². The molecule has 2 N–H and O–H groups in total. The van der Waals surface area contributed by atoms with Gasteiger partial charge in [0.1, 0.15) is 0 Å². The predicted octanol–water partition coefficient (Wildman–Crippen LogP) is 3.97. The molecule has 0 aliphatic carbocycles. The molecule has 0 unspecified atom stereocenters. The first-order chi connectivity index (χ1) is 9.99. The largest absolute Gasteiger partial charge is 0.398 e. The van der Waals surface area contributed by atoms with Gasteiger partial charge in [-0.3, -0.25) is 4.79 Å². The number of carbonyl (C=O) groups is 1. The van der Waals surface area contributed by atoms with Crippen molar-refractivity contribution in [3.63, 3.8) is 0 Å². The normalized spacial score (nSPS) is 10.7. The summed E-state index contributed by atoms with van der Waals surface area (Å²) in [7, 11) is 0. The van der Waals surface area contributed by atoms with Gasteiger partial charge in [-0.15, -0.1) is 0 Å². The lowest BCUT2D eigenvalue weighted by atomic mass is 10.1. The summed E-state index contributed by atoms with van der Waals surface area (Å²) in [4.78, 5) is 14.5. The van der Waals surface area contributed by atoms with Crippen LogP contribution in [0.2, 0.25) is 5.02 Å². The van der Waals surface area contributed by atoms with Crippen LogP contribution in [0.4, 0.5) is 5.69 Å². The van der Waals surface area contributed by atoms with E-state index in [4.69, 9.17) is 17.3 Å². The summed E-state index contributed by atoms with van der Waals surface area (Å²) in [6.45, 7) is 4.57. The molecule has 2 aromatic rings. The minimum Gasteiger partial charge on any atom is -0.398 e. The van der Waals surface area contributed by atoms with Crippen molar-refractivity contribution in [3.8, 4) is 0 Å². The number of nitrogens with two attached hydrogens (primary N) is 1. The van der Waals surface area contributed by atoms with E-state index in [1.54, 1.807) is 18.2 Å². The van der Waals surface area contributed by atoms with Crippen molar-refractivity contribution in [2.45, 2.75) is 26.4 Å². The molecule has 4 heteroatoms. The molecule has 21 heavy (non-hydrogen) atoms. The van der Waals surface area contributed by atoms with Gasteiger partial charge in [0.15, 0.2) is 0 Å². The van der Waals surface area contributed by atoms with Crippen LogP contribution in [0, 0.1) is 0 Å². The van der Waals surface area contributed by atoms with Gasteiger partial charge in [-0.25, -0.2) is 0 Å². The molecule has 0 bridgehead atoms. The highest BCUT2D eigenvalue weighted by Crippen LogP contribution is 2.22. The molecule has 0 saturated heterocycles. The average molecular weight is 303 g/mol. The van der Waals surface area contributed by atoms with Crippen molar-refractivity contribution in [1.29, 1.82) is 0 Å². The summed E-state index contributed by atoms with van der Waals surface area (Å²) < 4.78 is 0. The second-order valence-electron chi connectivity index (χ2n) is 5.25. The second-order valence-corrected chi connectivity index (χ2v) is 5.66. The average Bonchev–Trinajstić information content (AvgIpc) is 2.47. The molecule has 0 aromatic heterocycles. The van der Waals surface area contributed by atoms with Crippen molar-refractivity contribution >= 4 is 23.2 Å². The topological polar surface area (TPSA) is 46.3 Å². The van der Waals surface area contributed by atoms with Crippen LogP contribution >= 0.6 is 11.6 Å². The number of amides is 1. The Labute approximate surface area is 130 Å². The lowest BCUT2D eigenvalue weighted by Crippen LogP contribution is -2.36. The first kappa shape index (κ1) is 15.4. The maximum atomic E-state index is 12.7. The molecular formula is C17H19ClN2O. The van der Waals surface area contributed by atoms with Crippen molar-refractivity contribution < 1.29 is 4.79 Å². The summed E-state index contributed by atoms with van der Waals surface area (Å²) in [5.41, 5.74) is 7.82. The molecule has 110 valence electrons. The third kappa shape index (κ3) is 3.76. The molecule has 2 aromatic carbocycles. The smallest absolute Gasteiger partial charge is 0.254 e. The van der Waals surface area contributed by atoms with Crippen molar-refractivity contribution in [3.05, 3.63) is 64.7 Å². The Balaban J connectivity index is 2.25. The number of halogens is 1. The number of carbonyl (C=O) groups excluding carboxylic acids is 1. The van der Waals surface area contributed by atoms with Crippen molar-refractivity contribution in [1.82, 2.24) is 4.90 Å². The Bertz CT molecular complexity index is 626. The molecule has 2 rings (SSSR count). The fraction of sp³-hybridized carbons (Fsp3) is 0.235. The van der Waals surface area contributed by atoms with Crippen LogP contribution in [0.5, 0.6) is 0 Å². The van der Waals surface area contributed by atoms with E-state index in [9.17, 15) is 4.79 Å². The van der Waals surface area contributed by atoms with E-state index in [0.717, 1.165) is 5.56 Å². The number of rotatable bonds is 4. The SMILES string of the molecule is CC(C)N(Cc1ccccc1)C(=O)c1ccc(N)c(Cl)c1. The zero-order valence-electron chi connectivity index (χ0n) is 12.2. The molecule has 0 radical (unpaired) electrons. The molecule has 0 spiro atoms. The van der Waals surface area contributed by atoms with E-state index in [1.165, 1.54) is 0 Å². The zero-order chi connectivity index (χ0) is 15.4. The Morgan fingerprint density at radius 1 is 1.19 bits per heavy atom. The van der Waals surface area contributed by atoms with Gasteiger partial charge >= 0.3 is 0 Å².